The van der Waals surface area contributed by atoms with E-state index in [9.17, 15) is 0 Å². The Morgan fingerprint density at radius 1 is 1.13 bits per heavy atom. The highest BCUT2D eigenvalue weighted by Crippen LogP contribution is 2.36. The van der Waals surface area contributed by atoms with Gasteiger partial charge in [0.15, 0.2) is 0 Å². The molecule has 0 bridgehead atoms. The zero-order chi connectivity index (χ0) is 10.1. The number of hydrogen-bond acceptors (Lipinski definition) is 2. The van der Waals surface area contributed by atoms with Crippen LogP contribution in [0.2, 0.25) is 0 Å². The lowest BCUT2D eigenvalue weighted by Crippen LogP contribution is -2.33. The zero-order valence-electron chi connectivity index (χ0n) is 8.86. The van der Waals surface area contributed by atoms with Gasteiger partial charge in [-0.05, 0) is 24.8 Å². The minimum atomic E-state index is 0.576. The van der Waals surface area contributed by atoms with Gasteiger partial charge in [0.1, 0.15) is 0 Å². The average molecular weight is 203 g/mol. The second-order valence-electron chi connectivity index (χ2n) is 4.59. The van der Waals surface area contributed by atoms with Crippen LogP contribution in [0.15, 0.2) is 30.3 Å². The fourth-order valence-electron chi connectivity index (χ4n) is 2.45. The van der Waals surface area contributed by atoms with Gasteiger partial charge in [-0.25, -0.2) is 0 Å². The van der Waals surface area contributed by atoms with Crippen molar-refractivity contribution in [3.8, 4) is 0 Å². The van der Waals surface area contributed by atoms with Crippen LogP contribution in [-0.2, 0) is 11.3 Å². The van der Waals surface area contributed by atoms with Gasteiger partial charge in [-0.3, -0.25) is 0 Å². The predicted octanol–water partition coefficient (Wildman–Crippen LogP) is 2.10. The highest BCUT2D eigenvalue weighted by atomic mass is 16.6. The van der Waals surface area contributed by atoms with Crippen LogP contribution in [0.3, 0.4) is 0 Å². The molecule has 15 heavy (non-hydrogen) atoms. The van der Waals surface area contributed by atoms with Crippen molar-refractivity contribution >= 4 is 0 Å². The van der Waals surface area contributed by atoms with E-state index >= 15 is 0 Å². The molecule has 1 saturated heterocycles. The van der Waals surface area contributed by atoms with E-state index in [4.69, 9.17) is 4.74 Å². The van der Waals surface area contributed by atoms with Crippen molar-refractivity contribution in [3.05, 3.63) is 35.9 Å². The van der Waals surface area contributed by atoms with Gasteiger partial charge in [-0.15, -0.1) is 0 Å². The molecule has 0 radical (unpaired) electrons. The maximum absolute atomic E-state index is 5.52. The average Bonchev–Trinajstić information content (AvgIpc) is 3.06. The molecule has 1 heterocycles. The third-order valence-corrected chi connectivity index (χ3v) is 3.44. The molecule has 3 atom stereocenters. The summed E-state index contributed by atoms with van der Waals surface area (Å²) in [5.41, 5.74) is 1.37. The molecule has 1 aliphatic carbocycles. The van der Waals surface area contributed by atoms with Gasteiger partial charge in [0.2, 0.25) is 0 Å². The van der Waals surface area contributed by atoms with E-state index < -0.39 is 0 Å². The summed E-state index contributed by atoms with van der Waals surface area (Å²) >= 11 is 0. The molecular weight excluding hydrogens is 186 g/mol. The number of epoxide rings is 1. The van der Waals surface area contributed by atoms with Crippen molar-refractivity contribution < 1.29 is 4.74 Å². The molecule has 80 valence electrons. The molecular formula is C13H17NO. The van der Waals surface area contributed by atoms with Gasteiger partial charge in [-0.2, -0.15) is 0 Å². The molecule has 1 aromatic carbocycles. The first-order chi connectivity index (χ1) is 7.42. The van der Waals surface area contributed by atoms with Gasteiger partial charge in [0.05, 0.1) is 12.2 Å². The lowest BCUT2D eigenvalue weighted by atomic mass is 9.95. The van der Waals surface area contributed by atoms with E-state index in [1.165, 1.54) is 24.8 Å². The summed E-state index contributed by atoms with van der Waals surface area (Å²) in [4.78, 5) is 0. The lowest BCUT2D eigenvalue weighted by molar-refractivity contribution is 0.365. The number of rotatable bonds is 3. The molecule has 0 amide bonds. The van der Waals surface area contributed by atoms with Crippen molar-refractivity contribution in [3.63, 3.8) is 0 Å². The van der Waals surface area contributed by atoms with Gasteiger partial charge in [0, 0.05) is 12.6 Å². The molecule has 0 aromatic heterocycles. The molecule has 0 spiro atoms. The molecule has 1 aromatic rings. The van der Waals surface area contributed by atoms with Crippen molar-refractivity contribution in [1.29, 1.82) is 0 Å². The molecule has 3 rings (SSSR count). The fraction of sp³-hybridized carbons (Fsp3) is 0.538. The monoisotopic (exact) mass is 203 g/mol. The van der Waals surface area contributed by atoms with E-state index in [-0.39, 0.29) is 0 Å². The number of fused-ring (bicyclic) bond motifs is 1. The van der Waals surface area contributed by atoms with E-state index in [0.29, 0.717) is 18.2 Å². The van der Waals surface area contributed by atoms with E-state index in [1.54, 1.807) is 0 Å². The summed E-state index contributed by atoms with van der Waals surface area (Å²) in [6, 6.07) is 11.3. The predicted molar refractivity (Wildman–Crippen MR) is 59.6 cm³/mol. The largest absolute Gasteiger partial charge is 0.370 e. The summed E-state index contributed by atoms with van der Waals surface area (Å²) in [7, 11) is 0. The van der Waals surface area contributed by atoms with Crippen LogP contribution in [0, 0.1) is 0 Å². The van der Waals surface area contributed by atoms with Gasteiger partial charge in [0.25, 0.3) is 0 Å². The first kappa shape index (κ1) is 9.37. The summed E-state index contributed by atoms with van der Waals surface area (Å²) in [5.74, 6) is 0. The number of benzene rings is 1. The van der Waals surface area contributed by atoms with Crippen LogP contribution in [0.1, 0.15) is 24.8 Å². The van der Waals surface area contributed by atoms with E-state index in [2.05, 4.69) is 35.6 Å². The third kappa shape index (κ3) is 2.21. The smallest absolute Gasteiger partial charge is 0.0856 e. The molecule has 1 aliphatic heterocycles. The van der Waals surface area contributed by atoms with E-state index in [1.807, 2.05) is 0 Å². The lowest BCUT2D eigenvalue weighted by Gasteiger charge is -2.20. The summed E-state index contributed by atoms with van der Waals surface area (Å²) in [5, 5.41) is 3.61. The second-order valence-corrected chi connectivity index (χ2v) is 4.59. The van der Waals surface area contributed by atoms with Crippen LogP contribution >= 0.6 is 0 Å². The van der Waals surface area contributed by atoms with Gasteiger partial charge in [-0.1, -0.05) is 30.3 Å². The van der Waals surface area contributed by atoms with Crippen LogP contribution in [0.4, 0.5) is 0 Å². The molecule has 1 saturated carbocycles. The topological polar surface area (TPSA) is 24.6 Å². The van der Waals surface area contributed by atoms with Gasteiger partial charge < -0.3 is 10.1 Å². The normalized spacial score (nSPS) is 33.5. The van der Waals surface area contributed by atoms with Crippen LogP contribution in [0.25, 0.3) is 0 Å². The maximum atomic E-state index is 5.52. The molecule has 2 aliphatic rings. The third-order valence-electron chi connectivity index (χ3n) is 3.44. The number of nitrogens with one attached hydrogen (secondary N) is 1. The van der Waals surface area contributed by atoms with Crippen molar-refractivity contribution in [2.24, 2.45) is 0 Å². The second kappa shape index (κ2) is 3.95. The van der Waals surface area contributed by atoms with Crippen LogP contribution < -0.4 is 5.32 Å². The minimum Gasteiger partial charge on any atom is -0.370 e. The Hall–Kier alpha value is -0.860. The highest BCUT2D eigenvalue weighted by molar-refractivity contribution is 5.14. The Labute approximate surface area is 90.6 Å². The van der Waals surface area contributed by atoms with Crippen LogP contribution in [0.5, 0.6) is 0 Å². The maximum Gasteiger partial charge on any atom is 0.0856 e. The Morgan fingerprint density at radius 3 is 2.80 bits per heavy atom. The first-order valence-electron chi connectivity index (χ1n) is 5.84. The standard InChI is InChI=1S/C13H17NO/c1-2-4-10(5-3-1)9-14-11-6-7-12-13(8-11)15-12/h1-5,11-14H,6-9H2/t11-,12-,13+/m1/s1. The van der Waals surface area contributed by atoms with Crippen molar-refractivity contribution in [1.82, 2.24) is 5.32 Å². The fourth-order valence-corrected chi connectivity index (χ4v) is 2.45. The Balaban J connectivity index is 1.49. The number of ether oxygens (including phenoxy) is 1. The molecule has 0 unspecified atom stereocenters. The Morgan fingerprint density at radius 2 is 2.00 bits per heavy atom. The quantitative estimate of drug-likeness (QED) is 0.761. The highest BCUT2D eigenvalue weighted by Gasteiger charge is 2.43. The zero-order valence-corrected chi connectivity index (χ0v) is 8.86. The summed E-state index contributed by atoms with van der Waals surface area (Å²) in [6.07, 6.45) is 4.91. The number of hydrogen-bond donors (Lipinski definition) is 1. The molecule has 2 heteroatoms. The van der Waals surface area contributed by atoms with Crippen molar-refractivity contribution in [2.75, 3.05) is 0 Å². The summed E-state index contributed by atoms with van der Waals surface area (Å²) < 4.78 is 5.52. The van der Waals surface area contributed by atoms with E-state index in [0.717, 1.165) is 6.54 Å². The molecule has 2 fully saturated rings. The Kier molecular flexibility index (Phi) is 2.47. The SMILES string of the molecule is c1ccc(CN[C@@H]2CC[C@H]3O[C@H]3C2)cc1. The first-order valence-corrected chi connectivity index (χ1v) is 5.84. The minimum absolute atomic E-state index is 0.576. The Bertz CT molecular complexity index is 325. The van der Waals surface area contributed by atoms with Crippen molar-refractivity contribution in [2.45, 2.75) is 44.1 Å². The molecule has 1 N–H and O–H groups in total. The molecule has 2 nitrogen and oxygen atoms in total. The van der Waals surface area contributed by atoms with Gasteiger partial charge >= 0.3 is 0 Å². The van der Waals surface area contributed by atoms with Crippen LogP contribution in [-0.4, -0.2) is 18.2 Å². The summed E-state index contributed by atoms with van der Waals surface area (Å²) in [6.45, 7) is 0.989.